The number of likely N-dealkylation sites (N-methyl/N-ethyl adjacent to an activating group) is 1. The van der Waals surface area contributed by atoms with Gasteiger partial charge in [-0.25, -0.2) is 0 Å². The van der Waals surface area contributed by atoms with E-state index >= 15 is 0 Å². The molecule has 22 heavy (non-hydrogen) atoms. The van der Waals surface area contributed by atoms with E-state index in [0.717, 1.165) is 17.7 Å². The number of ether oxygens (including phenoxy) is 1. The highest BCUT2D eigenvalue weighted by molar-refractivity contribution is 8.01. The molecule has 4 heteroatoms. The molecule has 1 atom stereocenters. The van der Waals surface area contributed by atoms with E-state index in [1.165, 1.54) is 11.1 Å². The van der Waals surface area contributed by atoms with Crippen molar-refractivity contribution in [1.82, 2.24) is 5.32 Å². The summed E-state index contributed by atoms with van der Waals surface area (Å²) in [6.45, 7) is 9.56. The Bertz CT molecular complexity index is 561. The molecule has 0 fully saturated rings. The average Bonchev–Trinajstić information content (AvgIpc) is 2.78. The molecule has 122 valence electrons. The minimum absolute atomic E-state index is 0.168. The number of thioether (sulfide) groups is 1. The van der Waals surface area contributed by atoms with Gasteiger partial charge in [0.1, 0.15) is 10.3 Å². The Labute approximate surface area is 138 Å². The van der Waals surface area contributed by atoms with Crippen LogP contribution in [-0.4, -0.2) is 29.4 Å². The minimum atomic E-state index is -0.595. The van der Waals surface area contributed by atoms with Gasteiger partial charge in [0.05, 0.1) is 0 Å². The van der Waals surface area contributed by atoms with Gasteiger partial charge in [-0.2, -0.15) is 0 Å². The molecule has 0 spiro atoms. The van der Waals surface area contributed by atoms with Crippen molar-refractivity contribution in [3.63, 3.8) is 0 Å². The van der Waals surface area contributed by atoms with Crippen LogP contribution in [0.5, 0.6) is 0 Å². The summed E-state index contributed by atoms with van der Waals surface area (Å²) >= 11 is 1.57. The first-order valence-electron chi connectivity index (χ1n) is 7.82. The predicted molar refractivity (Wildman–Crippen MR) is 92.5 cm³/mol. The molecule has 1 aliphatic carbocycles. The summed E-state index contributed by atoms with van der Waals surface area (Å²) in [5.41, 5.74) is 2.36. The summed E-state index contributed by atoms with van der Waals surface area (Å²) in [5, 5.41) is 3.34. The lowest BCUT2D eigenvalue weighted by atomic mass is 10.1. The van der Waals surface area contributed by atoms with Gasteiger partial charge < -0.3 is 10.1 Å². The highest BCUT2D eigenvalue weighted by atomic mass is 32.2. The molecule has 0 aliphatic heterocycles. The lowest BCUT2D eigenvalue weighted by Gasteiger charge is -2.28. The van der Waals surface area contributed by atoms with Gasteiger partial charge in [0, 0.05) is 10.9 Å². The average molecular weight is 321 g/mol. The number of hydrogen-bond acceptors (Lipinski definition) is 4. The standard InChI is InChI=1S/C18H27NO2S/c1-17(2,3)21-16(20)18(4,5)22-15-8-7-12-9-14(19-6)10-13(12)11-15/h7-8,11,14,19H,9-10H2,1-6H3. The second-order valence-electron chi connectivity index (χ2n) is 7.44. The number of carbonyl (C=O) groups is 1. The summed E-state index contributed by atoms with van der Waals surface area (Å²) in [5.74, 6) is -0.168. The van der Waals surface area contributed by atoms with Crippen LogP contribution in [0.3, 0.4) is 0 Å². The molecule has 0 radical (unpaired) electrons. The summed E-state index contributed by atoms with van der Waals surface area (Å²) in [6, 6.07) is 7.08. The molecule has 0 saturated carbocycles. The van der Waals surface area contributed by atoms with E-state index in [1.807, 2.05) is 41.7 Å². The molecule has 2 rings (SSSR count). The third-order valence-corrected chi connectivity index (χ3v) is 4.95. The number of nitrogens with one attached hydrogen (secondary N) is 1. The van der Waals surface area contributed by atoms with Crippen molar-refractivity contribution in [3.05, 3.63) is 29.3 Å². The maximum absolute atomic E-state index is 12.4. The Morgan fingerprint density at radius 1 is 1.18 bits per heavy atom. The van der Waals surface area contributed by atoms with Gasteiger partial charge in [0.25, 0.3) is 0 Å². The van der Waals surface area contributed by atoms with Gasteiger partial charge in [-0.05, 0) is 77.8 Å². The summed E-state index contributed by atoms with van der Waals surface area (Å²) in [4.78, 5) is 13.5. The van der Waals surface area contributed by atoms with E-state index in [-0.39, 0.29) is 5.97 Å². The molecule has 0 saturated heterocycles. The van der Waals surface area contributed by atoms with E-state index < -0.39 is 10.3 Å². The van der Waals surface area contributed by atoms with Crippen LogP contribution in [0.2, 0.25) is 0 Å². The van der Waals surface area contributed by atoms with Gasteiger partial charge in [0.15, 0.2) is 0 Å². The van der Waals surface area contributed by atoms with Crippen LogP contribution in [0.15, 0.2) is 23.1 Å². The van der Waals surface area contributed by atoms with E-state index in [2.05, 4.69) is 23.5 Å². The van der Waals surface area contributed by atoms with Gasteiger partial charge in [0.2, 0.25) is 0 Å². The Balaban J connectivity index is 2.09. The SMILES string of the molecule is CNC1Cc2ccc(SC(C)(C)C(=O)OC(C)(C)C)cc2C1. The lowest BCUT2D eigenvalue weighted by molar-refractivity contribution is -0.156. The van der Waals surface area contributed by atoms with Crippen molar-refractivity contribution in [3.8, 4) is 0 Å². The fourth-order valence-corrected chi connectivity index (χ4v) is 3.65. The summed E-state index contributed by atoms with van der Waals surface area (Å²) in [6.07, 6.45) is 2.15. The van der Waals surface area contributed by atoms with Crippen LogP contribution in [0.1, 0.15) is 45.7 Å². The molecular formula is C18H27NO2S. The molecule has 1 aliphatic rings. The molecule has 0 aromatic heterocycles. The fourth-order valence-electron chi connectivity index (χ4n) is 2.60. The van der Waals surface area contributed by atoms with Crippen molar-refractivity contribution < 1.29 is 9.53 Å². The largest absolute Gasteiger partial charge is 0.459 e. The van der Waals surface area contributed by atoms with Crippen LogP contribution >= 0.6 is 11.8 Å². The highest BCUT2D eigenvalue weighted by Crippen LogP contribution is 2.36. The number of esters is 1. The van der Waals surface area contributed by atoms with Crippen LogP contribution in [0, 0.1) is 0 Å². The predicted octanol–water partition coefficient (Wildman–Crippen LogP) is 3.59. The zero-order valence-corrected chi connectivity index (χ0v) is 15.3. The number of fused-ring (bicyclic) bond motifs is 1. The van der Waals surface area contributed by atoms with Crippen LogP contribution in [0.25, 0.3) is 0 Å². The van der Waals surface area contributed by atoms with Crippen molar-refractivity contribution in [1.29, 1.82) is 0 Å². The zero-order valence-electron chi connectivity index (χ0n) is 14.4. The van der Waals surface area contributed by atoms with Crippen molar-refractivity contribution >= 4 is 17.7 Å². The fraction of sp³-hybridized carbons (Fsp3) is 0.611. The Hall–Kier alpha value is -1.00. The first kappa shape index (κ1) is 17.4. The number of hydrogen-bond donors (Lipinski definition) is 1. The van der Waals surface area contributed by atoms with Gasteiger partial charge in [-0.15, -0.1) is 11.8 Å². The normalized spacial score (nSPS) is 18.2. The topological polar surface area (TPSA) is 38.3 Å². The molecule has 0 heterocycles. The quantitative estimate of drug-likeness (QED) is 0.679. The number of benzene rings is 1. The maximum Gasteiger partial charge on any atom is 0.322 e. The second kappa shape index (κ2) is 6.25. The molecule has 1 N–H and O–H groups in total. The zero-order chi connectivity index (χ0) is 16.5. The molecule has 1 aromatic carbocycles. The summed E-state index contributed by atoms with van der Waals surface area (Å²) < 4.78 is 4.94. The monoisotopic (exact) mass is 321 g/mol. The Morgan fingerprint density at radius 2 is 1.82 bits per heavy atom. The third-order valence-electron chi connectivity index (χ3n) is 3.78. The van der Waals surface area contributed by atoms with Gasteiger partial charge >= 0.3 is 5.97 Å². The smallest absolute Gasteiger partial charge is 0.322 e. The van der Waals surface area contributed by atoms with Gasteiger partial charge in [-0.3, -0.25) is 4.79 Å². The molecule has 1 unspecified atom stereocenters. The highest BCUT2D eigenvalue weighted by Gasteiger charge is 2.34. The number of carbonyl (C=O) groups excluding carboxylic acids is 1. The third kappa shape index (κ3) is 4.26. The number of rotatable bonds is 4. The van der Waals surface area contributed by atoms with E-state index in [9.17, 15) is 4.79 Å². The molecule has 0 amide bonds. The van der Waals surface area contributed by atoms with E-state index in [1.54, 1.807) is 11.8 Å². The lowest BCUT2D eigenvalue weighted by Crippen LogP contribution is -2.36. The van der Waals surface area contributed by atoms with Crippen LogP contribution in [-0.2, 0) is 22.4 Å². The minimum Gasteiger partial charge on any atom is -0.459 e. The van der Waals surface area contributed by atoms with Crippen LogP contribution in [0.4, 0.5) is 0 Å². The van der Waals surface area contributed by atoms with E-state index in [4.69, 9.17) is 4.74 Å². The van der Waals surface area contributed by atoms with Crippen molar-refractivity contribution in [2.24, 2.45) is 0 Å². The molecule has 1 aromatic rings. The first-order valence-corrected chi connectivity index (χ1v) is 8.64. The molecule has 0 bridgehead atoms. The van der Waals surface area contributed by atoms with E-state index in [0.29, 0.717) is 6.04 Å². The Kier molecular flexibility index (Phi) is 4.93. The molecule has 3 nitrogen and oxygen atoms in total. The molecular weight excluding hydrogens is 294 g/mol. The van der Waals surface area contributed by atoms with Crippen molar-refractivity contribution in [2.75, 3.05) is 7.05 Å². The van der Waals surface area contributed by atoms with Gasteiger partial charge in [-0.1, -0.05) is 6.07 Å². The summed E-state index contributed by atoms with van der Waals surface area (Å²) in [7, 11) is 2.01. The van der Waals surface area contributed by atoms with Crippen molar-refractivity contribution in [2.45, 2.75) is 68.7 Å². The van der Waals surface area contributed by atoms with Crippen LogP contribution < -0.4 is 5.32 Å². The Morgan fingerprint density at radius 3 is 2.41 bits per heavy atom. The first-order chi connectivity index (χ1) is 10.1. The maximum atomic E-state index is 12.4. The second-order valence-corrected chi connectivity index (χ2v) is 9.13.